The van der Waals surface area contributed by atoms with Crippen LogP contribution in [-0.2, 0) is 6.54 Å². The van der Waals surface area contributed by atoms with Crippen LogP contribution < -0.4 is 5.32 Å². The predicted molar refractivity (Wildman–Crippen MR) is 85.8 cm³/mol. The van der Waals surface area contributed by atoms with Crippen LogP contribution in [-0.4, -0.2) is 19.4 Å². The van der Waals surface area contributed by atoms with Gasteiger partial charge in [0.05, 0.1) is 18.4 Å². The molecule has 112 valence electrons. The Morgan fingerprint density at radius 1 is 1.14 bits per heavy atom. The molecule has 3 aromatic heterocycles. The van der Waals surface area contributed by atoms with E-state index >= 15 is 0 Å². The molecule has 5 heteroatoms. The number of imidazole rings is 1. The normalized spacial score (nSPS) is 15.5. The van der Waals surface area contributed by atoms with Gasteiger partial charge in [-0.2, -0.15) is 0 Å². The Labute approximate surface area is 129 Å². The topological polar surface area (TPSA) is 55.1 Å². The second-order valence-electron chi connectivity index (χ2n) is 5.82. The van der Waals surface area contributed by atoms with Crippen LogP contribution in [0.2, 0.25) is 0 Å². The van der Waals surface area contributed by atoms with E-state index in [1.54, 1.807) is 0 Å². The molecule has 1 saturated carbocycles. The van der Waals surface area contributed by atoms with E-state index < -0.39 is 0 Å². The Balaban J connectivity index is 1.50. The molecule has 3 aromatic rings. The molecule has 1 aliphatic rings. The molecular formula is C17H19N5. The molecule has 5 nitrogen and oxygen atoms in total. The Bertz CT molecular complexity index is 773. The van der Waals surface area contributed by atoms with Gasteiger partial charge in [-0.05, 0) is 31.0 Å². The van der Waals surface area contributed by atoms with Gasteiger partial charge in [-0.1, -0.05) is 18.9 Å². The van der Waals surface area contributed by atoms with Crippen LogP contribution in [0.15, 0.2) is 42.9 Å². The van der Waals surface area contributed by atoms with E-state index in [1.165, 1.54) is 31.4 Å². The van der Waals surface area contributed by atoms with Crippen LogP contribution in [0, 0.1) is 0 Å². The summed E-state index contributed by atoms with van der Waals surface area (Å²) >= 11 is 0. The molecule has 0 amide bonds. The van der Waals surface area contributed by atoms with E-state index in [9.17, 15) is 0 Å². The zero-order chi connectivity index (χ0) is 14.8. The second kappa shape index (κ2) is 5.75. The van der Waals surface area contributed by atoms with Crippen molar-refractivity contribution in [1.82, 2.24) is 19.4 Å². The van der Waals surface area contributed by atoms with Crippen molar-refractivity contribution in [2.75, 3.05) is 5.32 Å². The molecule has 4 rings (SSSR count). The molecule has 0 unspecified atom stereocenters. The number of nitrogens with one attached hydrogen (secondary N) is 1. The third-order valence-electron chi connectivity index (χ3n) is 4.37. The van der Waals surface area contributed by atoms with Crippen molar-refractivity contribution in [2.45, 2.75) is 38.1 Å². The van der Waals surface area contributed by atoms with E-state index in [0.29, 0.717) is 18.4 Å². The minimum absolute atomic E-state index is 0.611. The summed E-state index contributed by atoms with van der Waals surface area (Å²) in [5, 5.41) is 3.32. The molecule has 1 aliphatic carbocycles. The molecule has 0 bridgehead atoms. The minimum Gasteiger partial charge on any atom is -0.349 e. The summed E-state index contributed by atoms with van der Waals surface area (Å²) in [6.07, 6.45) is 10.9. The summed E-state index contributed by atoms with van der Waals surface area (Å²) in [4.78, 5) is 13.4. The monoisotopic (exact) mass is 293 g/mol. The number of aromatic nitrogens is 4. The molecule has 1 N–H and O–H groups in total. The quantitative estimate of drug-likeness (QED) is 0.801. The van der Waals surface area contributed by atoms with E-state index in [1.807, 2.05) is 36.8 Å². The lowest BCUT2D eigenvalue weighted by Crippen LogP contribution is -2.07. The van der Waals surface area contributed by atoms with Crippen molar-refractivity contribution in [3.63, 3.8) is 0 Å². The smallest absolute Gasteiger partial charge is 0.223 e. The molecule has 22 heavy (non-hydrogen) atoms. The van der Waals surface area contributed by atoms with Crippen LogP contribution in [0.3, 0.4) is 0 Å². The highest BCUT2D eigenvalue weighted by molar-refractivity contribution is 5.40. The SMILES string of the molecule is c1ccn2c(CNc3nccc(C4CCCC4)n3)cnc2c1. The molecule has 0 atom stereocenters. The van der Waals surface area contributed by atoms with Crippen LogP contribution >= 0.6 is 0 Å². The maximum absolute atomic E-state index is 4.68. The fraction of sp³-hybridized carbons (Fsp3) is 0.353. The van der Waals surface area contributed by atoms with Gasteiger partial charge in [0.2, 0.25) is 5.95 Å². The van der Waals surface area contributed by atoms with E-state index in [-0.39, 0.29) is 0 Å². The highest BCUT2D eigenvalue weighted by Gasteiger charge is 2.18. The summed E-state index contributed by atoms with van der Waals surface area (Å²) in [5.74, 6) is 1.31. The van der Waals surface area contributed by atoms with Gasteiger partial charge in [0.15, 0.2) is 0 Å². The lowest BCUT2D eigenvalue weighted by Gasteiger charge is -2.10. The lowest BCUT2D eigenvalue weighted by atomic mass is 10.0. The Hall–Kier alpha value is -2.43. The second-order valence-corrected chi connectivity index (χ2v) is 5.82. The first-order valence-electron chi connectivity index (χ1n) is 7.88. The van der Waals surface area contributed by atoms with Crippen molar-refractivity contribution >= 4 is 11.6 Å². The molecule has 0 radical (unpaired) electrons. The summed E-state index contributed by atoms with van der Waals surface area (Å²) in [5.41, 5.74) is 3.23. The zero-order valence-corrected chi connectivity index (χ0v) is 12.4. The van der Waals surface area contributed by atoms with Gasteiger partial charge in [-0.25, -0.2) is 15.0 Å². The first-order valence-corrected chi connectivity index (χ1v) is 7.88. The van der Waals surface area contributed by atoms with Gasteiger partial charge < -0.3 is 9.72 Å². The average molecular weight is 293 g/mol. The first kappa shape index (κ1) is 13.2. The van der Waals surface area contributed by atoms with Crippen molar-refractivity contribution in [2.24, 2.45) is 0 Å². The number of nitrogens with zero attached hydrogens (tertiary/aromatic N) is 4. The Kier molecular flexibility index (Phi) is 3.46. The molecule has 3 heterocycles. The van der Waals surface area contributed by atoms with Crippen molar-refractivity contribution in [1.29, 1.82) is 0 Å². The number of rotatable bonds is 4. The van der Waals surface area contributed by atoms with E-state index in [2.05, 4.69) is 30.7 Å². The van der Waals surface area contributed by atoms with Gasteiger partial charge in [0, 0.05) is 24.0 Å². The van der Waals surface area contributed by atoms with Crippen LogP contribution in [0.4, 0.5) is 5.95 Å². The number of hydrogen-bond acceptors (Lipinski definition) is 4. The zero-order valence-electron chi connectivity index (χ0n) is 12.4. The number of fused-ring (bicyclic) bond motifs is 1. The molecule has 0 aromatic carbocycles. The van der Waals surface area contributed by atoms with Gasteiger partial charge in [-0.15, -0.1) is 0 Å². The third kappa shape index (κ3) is 2.54. The van der Waals surface area contributed by atoms with Crippen LogP contribution in [0.1, 0.15) is 43.0 Å². The van der Waals surface area contributed by atoms with Crippen molar-refractivity contribution < 1.29 is 0 Å². The maximum Gasteiger partial charge on any atom is 0.223 e. The van der Waals surface area contributed by atoms with Crippen LogP contribution in [0.25, 0.3) is 5.65 Å². The minimum atomic E-state index is 0.611. The van der Waals surface area contributed by atoms with Crippen LogP contribution in [0.5, 0.6) is 0 Å². The molecule has 1 fully saturated rings. The number of hydrogen-bond donors (Lipinski definition) is 1. The largest absolute Gasteiger partial charge is 0.349 e. The van der Waals surface area contributed by atoms with Gasteiger partial charge in [-0.3, -0.25) is 0 Å². The average Bonchev–Trinajstić information content (AvgIpc) is 3.23. The summed E-state index contributed by atoms with van der Waals surface area (Å²) in [6.45, 7) is 0.666. The van der Waals surface area contributed by atoms with Crippen molar-refractivity contribution in [3.8, 4) is 0 Å². The predicted octanol–water partition coefficient (Wildman–Crippen LogP) is 3.39. The molecule has 0 saturated heterocycles. The molecule has 0 aliphatic heterocycles. The van der Waals surface area contributed by atoms with Gasteiger partial charge >= 0.3 is 0 Å². The summed E-state index contributed by atoms with van der Waals surface area (Å²) in [6, 6.07) is 8.05. The third-order valence-corrected chi connectivity index (χ3v) is 4.37. The Morgan fingerprint density at radius 2 is 2.05 bits per heavy atom. The van der Waals surface area contributed by atoms with Gasteiger partial charge in [0.1, 0.15) is 5.65 Å². The van der Waals surface area contributed by atoms with E-state index in [0.717, 1.165) is 11.3 Å². The lowest BCUT2D eigenvalue weighted by molar-refractivity contribution is 0.694. The van der Waals surface area contributed by atoms with Crippen molar-refractivity contribution in [3.05, 3.63) is 54.2 Å². The summed E-state index contributed by atoms with van der Waals surface area (Å²) in [7, 11) is 0. The standard InChI is InChI=1S/C17H19N5/c1-2-6-13(5-1)15-8-9-18-17(21-15)20-12-14-11-19-16-7-3-4-10-22(14)16/h3-4,7-11,13H,1-2,5-6,12H2,(H,18,20,21). The van der Waals surface area contributed by atoms with E-state index in [4.69, 9.17) is 0 Å². The molecular weight excluding hydrogens is 274 g/mol. The fourth-order valence-corrected chi connectivity index (χ4v) is 3.19. The summed E-state index contributed by atoms with van der Waals surface area (Å²) < 4.78 is 2.08. The number of pyridine rings is 1. The first-order chi connectivity index (χ1) is 10.9. The fourth-order valence-electron chi connectivity index (χ4n) is 3.19. The highest BCUT2D eigenvalue weighted by atomic mass is 15.1. The Morgan fingerprint density at radius 3 is 2.95 bits per heavy atom. The maximum atomic E-state index is 4.68. The molecule has 0 spiro atoms. The van der Waals surface area contributed by atoms with Gasteiger partial charge in [0.25, 0.3) is 0 Å². The number of anilines is 1. The highest BCUT2D eigenvalue weighted by Crippen LogP contribution is 2.32.